The SMILES string of the molecule is CC(C)NCc1ccc(-c2cccc(F)c2F)o1. The van der Waals surface area contributed by atoms with Crippen LogP contribution in [-0.4, -0.2) is 6.04 Å². The second-order valence-corrected chi connectivity index (χ2v) is 4.40. The van der Waals surface area contributed by atoms with Crippen molar-refractivity contribution in [2.45, 2.75) is 26.4 Å². The molecule has 2 aromatic rings. The molecular weight excluding hydrogens is 236 g/mol. The lowest BCUT2D eigenvalue weighted by atomic mass is 10.1. The van der Waals surface area contributed by atoms with E-state index in [9.17, 15) is 8.78 Å². The number of rotatable bonds is 4. The van der Waals surface area contributed by atoms with E-state index in [0.29, 0.717) is 24.1 Å². The Kier molecular flexibility index (Phi) is 3.77. The van der Waals surface area contributed by atoms with Crippen LogP contribution in [0.3, 0.4) is 0 Å². The fourth-order valence-corrected chi connectivity index (χ4v) is 1.62. The first-order valence-electron chi connectivity index (χ1n) is 5.84. The normalized spacial score (nSPS) is 11.2. The van der Waals surface area contributed by atoms with Crippen molar-refractivity contribution < 1.29 is 13.2 Å². The second-order valence-electron chi connectivity index (χ2n) is 4.40. The monoisotopic (exact) mass is 251 g/mol. The van der Waals surface area contributed by atoms with E-state index >= 15 is 0 Å². The fraction of sp³-hybridized carbons (Fsp3) is 0.286. The van der Waals surface area contributed by atoms with Gasteiger partial charge in [-0.3, -0.25) is 0 Å². The average molecular weight is 251 g/mol. The summed E-state index contributed by atoms with van der Waals surface area (Å²) in [6.07, 6.45) is 0. The van der Waals surface area contributed by atoms with Crippen LogP contribution < -0.4 is 5.32 Å². The number of halogens is 2. The molecule has 0 aliphatic rings. The minimum atomic E-state index is -0.879. The molecule has 0 aliphatic carbocycles. The molecule has 0 aliphatic heterocycles. The molecule has 96 valence electrons. The van der Waals surface area contributed by atoms with Crippen LogP contribution in [0, 0.1) is 11.6 Å². The second kappa shape index (κ2) is 5.31. The molecule has 1 aromatic carbocycles. The summed E-state index contributed by atoms with van der Waals surface area (Å²) in [7, 11) is 0. The maximum Gasteiger partial charge on any atom is 0.169 e. The van der Waals surface area contributed by atoms with E-state index < -0.39 is 11.6 Å². The lowest BCUT2D eigenvalue weighted by Crippen LogP contribution is -2.21. The van der Waals surface area contributed by atoms with Gasteiger partial charge in [-0.15, -0.1) is 0 Å². The van der Waals surface area contributed by atoms with E-state index in [1.807, 2.05) is 13.8 Å². The lowest BCUT2D eigenvalue weighted by Gasteiger charge is -2.05. The number of hydrogen-bond acceptors (Lipinski definition) is 2. The van der Waals surface area contributed by atoms with Gasteiger partial charge in [-0.2, -0.15) is 0 Å². The molecule has 0 atom stereocenters. The van der Waals surface area contributed by atoms with Crippen LogP contribution in [0.4, 0.5) is 8.78 Å². The summed E-state index contributed by atoms with van der Waals surface area (Å²) < 4.78 is 32.1. The number of nitrogens with one attached hydrogen (secondary N) is 1. The van der Waals surface area contributed by atoms with E-state index in [-0.39, 0.29) is 5.56 Å². The highest BCUT2D eigenvalue weighted by molar-refractivity contribution is 5.58. The summed E-state index contributed by atoms with van der Waals surface area (Å²) in [5, 5.41) is 3.19. The third kappa shape index (κ3) is 2.76. The number of benzene rings is 1. The zero-order valence-electron chi connectivity index (χ0n) is 10.3. The van der Waals surface area contributed by atoms with Crippen molar-refractivity contribution in [2.75, 3.05) is 0 Å². The first-order valence-corrected chi connectivity index (χ1v) is 5.84. The zero-order chi connectivity index (χ0) is 13.1. The molecule has 0 bridgehead atoms. The molecule has 1 N–H and O–H groups in total. The molecule has 0 spiro atoms. The van der Waals surface area contributed by atoms with Gasteiger partial charge in [0.25, 0.3) is 0 Å². The van der Waals surface area contributed by atoms with E-state index in [1.165, 1.54) is 12.1 Å². The Labute approximate surface area is 105 Å². The van der Waals surface area contributed by atoms with Crippen molar-refractivity contribution in [3.8, 4) is 11.3 Å². The predicted molar refractivity (Wildman–Crippen MR) is 66.0 cm³/mol. The average Bonchev–Trinajstić information content (AvgIpc) is 2.78. The topological polar surface area (TPSA) is 25.2 Å². The van der Waals surface area contributed by atoms with Crippen LogP contribution >= 0.6 is 0 Å². The maximum atomic E-state index is 13.6. The Bertz CT molecular complexity index is 534. The van der Waals surface area contributed by atoms with Gasteiger partial charge < -0.3 is 9.73 Å². The van der Waals surface area contributed by atoms with Crippen molar-refractivity contribution in [1.82, 2.24) is 5.32 Å². The molecule has 0 saturated carbocycles. The highest BCUT2D eigenvalue weighted by Crippen LogP contribution is 2.26. The van der Waals surface area contributed by atoms with Crippen LogP contribution in [0.2, 0.25) is 0 Å². The van der Waals surface area contributed by atoms with Crippen molar-refractivity contribution in [2.24, 2.45) is 0 Å². The molecule has 0 fully saturated rings. The van der Waals surface area contributed by atoms with Gasteiger partial charge in [0, 0.05) is 6.04 Å². The zero-order valence-corrected chi connectivity index (χ0v) is 10.3. The molecule has 1 aromatic heterocycles. The van der Waals surface area contributed by atoms with Gasteiger partial charge in [0.1, 0.15) is 11.5 Å². The van der Waals surface area contributed by atoms with Crippen molar-refractivity contribution >= 4 is 0 Å². The highest BCUT2D eigenvalue weighted by Gasteiger charge is 2.13. The van der Waals surface area contributed by atoms with Crippen LogP contribution in [0.5, 0.6) is 0 Å². The van der Waals surface area contributed by atoms with Crippen LogP contribution in [-0.2, 0) is 6.54 Å². The van der Waals surface area contributed by atoms with Crippen molar-refractivity contribution in [3.05, 3.63) is 47.7 Å². The van der Waals surface area contributed by atoms with Gasteiger partial charge in [0.15, 0.2) is 11.6 Å². The van der Waals surface area contributed by atoms with Crippen LogP contribution in [0.25, 0.3) is 11.3 Å². The highest BCUT2D eigenvalue weighted by atomic mass is 19.2. The number of furan rings is 1. The minimum absolute atomic E-state index is 0.144. The summed E-state index contributed by atoms with van der Waals surface area (Å²) in [4.78, 5) is 0. The quantitative estimate of drug-likeness (QED) is 0.895. The van der Waals surface area contributed by atoms with Gasteiger partial charge in [0.05, 0.1) is 12.1 Å². The van der Waals surface area contributed by atoms with E-state index in [1.54, 1.807) is 12.1 Å². The Hall–Kier alpha value is -1.68. The molecule has 4 heteroatoms. The smallest absolute Gasteiger partial charge is 0.169 e. The van der Waals surface area contributed by atoms with Crippen LogP contribution in [0.15, 0.2) is 34.7 Å². The fourth-order valence-electron chi connectivity index (χ4n) is 1.62. The number of hydrogen-bond donors (Lipinski definition) is 1. The molecule has 2 rings (SSSR count). The summed E-state index contributed by atoms with van der Waals surface area (Å²) in [6.45, 7) is 4.61. The standard InChI is InChI=1S/C14H15F2NO/c1-9(2)17-8-10-6-7-13(18-10)11-4-3-5-12(15)14(11)16/h3-7,9,17H,8H2,1-2H3. The first-order chi connectivity index (χ1) is 8.58. The molecular formula is C14H15F2NO. The summed E-state index contributed by atoms with van der Waals surface area (Å²) >= 11 is 0. The summed E-state index contributed by atoms with van der Waals surface area (Å²) in [5.74, 6) is -0.712. The van der Waals surface area contributed by atoms with Gasteiger partial charge in [-0.25, -0.2) is 8.78 Å². The van der Waals surface area contributed by atoms with Gasteiger partial charge in [-0.05, 0) is 24.3 Å². The molecule has 0 unspecified atom stereocenters. The van der Waals surface area contributed by atoms with Gasteiger partial charge in [0.2, 0.25) is 0 Å². The Balaban J connectivity index is 2.21. The minimum Gasteiger partial charge on any atom is -0.460 e. The first kappa shape index (κ1) is 12.8. The molecule has 0 saturated heterocycles. The Morgan fingerprint density at radius 2 is 1.94 bits per heavy atom. The molecule has 0 amide bonds. The Morgan fingerprint density at radius 1 is 1.17 bits per heavy atom. The molecule has 1 heterocycles. The maximum absolute atomic E-state index is 13.6. The van der Waals surface area contributed by atoms with Crippen LogP contribution in [0.1, 0.15) is 19.6 Å². The van der Waals surface area contributed by atoms with Crippen molar-refractivity contribution in [3.63, 3.8) is 0 Å². The predicted octanol–water partition coefficient (Wildman–Crippen LogP) is 3.72. The van der Waals surface area contributed by atoms with E-state index in [2.05, 4.69) is 5.32 Å². The van der Waals surface area contributed by atoms with Crippen molar-refractivity contribution in [1.29, 1.82) is 0 Å². The molecule has 0 radical (unpaired) electrons. The molecule has 18 heavy (non-hydrogen) atoms. The summed E-state index contributed by atoms with van der Waals surface area (Å²) in [5.41, 5.74) is 0.144. The summed E-state index contributed by atoms with van der Waals surface area (Å²) in [6, 6.07) is 7.79. The van der Waals surface area contributed by atoms with Gasteiger partial charge in [-0.1, -0.05) is 19.9 Å². The third-order valence-corrected chi connectivity index (χ3v) is 2.56. The lowest BCUT2D eigenvalue weighted by molar-refractivity contribution is 0.466. The Morgan fingerprint density at radius 3 is 2.67 bits per heavy atom. The largest absolute Gasteiger partial charge is 0.460 e. The van der Waals surface area contributed by atoms with E-state index in [4.69, 9.17) is 4.42 Å². The molecule has 2 nitrogen and oxygen atoms in total. The van der Waals surface area contributed by atoms with Gasteiger partial charge >= 0.3 is 0 Å². The third-order valence-electron chi connectivity index (χ3n) is 2.56. The van der Waals surface area contributed by atoms with E-state index in [0.717, 1.165) is 6.07 Å².